The lowest BCUT2D eigenvalue weighted by molar-refractivity contribution is -0.364. The second kappa shape index (κ2) is 18.2. The number of hydrogen-bond acceptors (Lipinski definition) is 13. The Morgan fingerprint density at radius 2 is 1.54 bits per heavy atom. The van der Waals surface area contributed by atoms with E-state index in [4.69, 9.17) is 23.7 Å². The minimum atomic E-state index is -1.45. The van der Waals surface area contributed by atoms with Gasteiger partial charge in [0.05, 0.1) is 30.7 Å². The van der Waals surface area contributed by atoms with Crippen LogP contribution in [0.3, 0.4) is 0 Å². The van der Waals surface area contributed by atoms with Gasteiger partial charge in [0.25, 0.3) is 0 Å². The summed E-state index contributed by atoms with van der Waals surface area (Å²) in [7, 11) is 1.47. The van der Waals surface area contributed by atoms with E-state index in [1.807, 2.05) is 13.8 Å². The molecular weight excluding hydrogens is 700 g/mol. The van der Waals surface area contributed by atoms with Crippen LogP contribution in [0.25, 0.3) is 0 Å². The maximum Gasteiger partial charge on any atom is 0.308 e. The van der Waals surface area contributed by atoms with E-state index in [-0.39, 0.29) is 65.3 Å². The third kappa shape index (κ3) is 9.64. The van der Waals surface area contributed by atoms with E-state index in [1.165, 1.54) is 26.2 Å². The Hall–Kier alpha value is -3.10. The van der Waals surface area contributed by atoms with Gasteiger partial charge in [-0.25, -0.2) is 0 Å². The minimum Gasteiger partial charge on any atom is -0.508 e. The van der Waals surface area contributed by atoms with E-state index in [0.29, 0.717) is 32.1 Å². The van der Waals surface area contributed by atoms with Crippen LogP contribution < -0.4 is 0 Å². The smallest absolute Gasteiger partial charge is 0.308 e. The summed E-state index contributed by atoms with van der Waals surface area (Å²) in [6.45, 7) is 13.6. The number of aliphatic hydroxyl groups excluding tert-OH is 2. The van der Waals surface area contributed by atoms with Crippen LogP contribution in [0.5, 0.6) is 11.5 Å². The van der Waals surface area contributed by atoms with E-state index in [2.05, 4.69) is 0 Å². The van der Waals surface area contributed by atoms with Gasteiger partial charge < -0.3 is 44.1 Å². The number of phenols is 2. The van der Waals surface area contributed by atoms with E-state index >= 15 is 0 Å². The first kappa shape index (κ1) is 43.6. The first-order valence-electron chi connectivity index (χ1n) is 19.5. The van der Waals surface area contributed by atoms with Crippen LogP contribution in [-0.2, 0) is 38.1 Å². The zero-order valence-corrected chi connectivity index (χ0v) is 33.3. The van der Waals surface area contributed by atoms with Crippen LogP contribution in [-0.4, -0.2) is 99.6 Å². The molecule has 3 bridgehead atoms. The molecule has 1 aromatic rings. The summed E-state index contributed by atoms with van der Waals surface area (Å²) in [4.78, 5) is 53.1. The fourth-order valence-electron chi connectivity index (χ4n) is 8.65. The van der Waals surface area contributed by atoms with Gasteiger partial charge in [0, 0.05) is 49.3 Å². The van der Waals surface area contributed by atoms with Gasteiger partial charge in [-0.1, -0.05) is 48.0 Å². The van der Waals surface area contributed by atoms with Crippen molar-refractivity contribution in [1.29, 1.82) is 0 Å². The molecule has 0 saturated carbocycles. The number of ether oxygens (including phenoxy) is 5. The molecule has 4 rings (SSSR count). The standard InChI is InChI=1S/C41H62O13/c1-20-12-10-11-13-33(21(2)16-22(3)35(48)28-17-30(44)23(4)31(45)18-28)52-34(47)19-32(46)24(5)38-25(6)36(49)26(7)41(53-38)15-14-29(43)39(54-41)40(50-9)37(20)51-27(8)42/h17-18,20-22,24-26,29,32-33,37-40,43-46H,10-16,19H2,1-9H3. The van der Waals surface area contributed by atoms with Crippen molar-refractivity contribution in [3.8, 4) is 11.5 Å². The number of aromatic hydroxyl groups is 2. The van der Waals surface area contributed by atoms with Gasteiger partial charge in [-0.2, -0.15) is 0 Å². The number of aliphatic hydroxyl groups is 2. The summed E-state index contributed by atoms with van der Waals surface area (Å²) in [5.74, 6) is -6.51. The quantitative estimate of drug-likeness (QED) is 0.210. The predicted octanol–water partition coefficient (Wildman–Crippen LogP) is 5.18. The van der Waals surface area contributed by atoms with Crippen LogP contribution in [0.4, 0.5) is 0 Å². The summed E-state index contributed by atoms with van der Waals surface area (Å²) in [5, 5.41) is 43.1. The average Bonchev–Trinajstić information content (AvgIpc) is 3.12. The molecule has 3 aliphatic rings. The molecule has 1 aromatic carbocycles. The van der Waals surface area contributed by atoms with Crippen molar-refractivity contribution in [2.75, 3.05) is 7.11 Å². The molecule has 13 heteroatoms. The fraction of sp³-hybridized carbons (Fsp3) is 0.756. The van der Waals surface area contributed by atoms with Gasteiger partial charge in [-0.05, 0) is 63.0 Å². The van der Waals surface area contributed by atoms with Crippen LogP contribution in [0.15, 0.2) is 12.1 Å². The molecule has 14 unspecified atom stereocenters. The number of esters is 2. The van der Waals surface area contributed by atoms with Crippen molar-refractivity contribution >= 4 is 23.5 Å². The number of benzene rings is 1. The van der Waals surface area contributed by atoms with E-state index in [9.17, 15) is 39.6 Å². The molecule has 0 aromatic heterocycles. The molecule has 3 fully saturated rings. The predicted molar refractivity (Wildman–Crippen MR) is 196 cm³/mol. The molecular formula is C41H62O13. The Labute approximate surface area is 319 Å². The zero-order valence-electron chi connectivity index (χ0n) is 33.3. The first-order chi connectivity index (χ1) is 25.3. The lowest BCUT2D eigenvalue weighted by atomic mass is 9.74. The van der Waals surface area contributed by atoms with Crippen molar-refractivity contribution < 1.29 is 63.3 Å². The monoisotopic (exact) mass is 762 g/mol. The Bertz CT molecular complexity index is 1470. The SMILES string of the molecule is COC1C(OC(C)=O)C(C)CCCCC(C(C)CC(C)C(=O)c2cc(O)c(C)c(O)c2)OC(=O)CC(O)C(C)C2OC3(CCC(O)C1O3)C(C)C(=O)C2C. The van der Waals surface area contributed by atoms with Crippen LogP contribution >= 0.6 is 0 Å². The molecule has 304 valence electrons. The normalized spacial score (nSPS) is 36.9. The highest BCUT2D eigenvalue weighted by Crippen LogP contribution is 2.47. The van der Waals surface area contributed by atoms with Gasteiger partial charge in [0.2, 0.25) is 0 Å². The largest absolute Gasteiger partial charge is 0.508 e. The number of carbonyl (C=O) groups is 4. The Morgan fingerprint density at radius 1 is 0.926 bits per heavy atom. The highest BCUT2D eigenvalue weighted by Gasteiger charge is 2.58. The summed E-state index contributed by atoms with van der Waals surface area (Å²) in [5.41, 5.74) is 0.453. The molecule has 1 spiro atoms. The average molecular weight is 763 g/mol. The molecule has 0 amide bonds. The van der Waals surface area contributed by atoms with Crippen molar-refractivity contribution in [3.63, 3.8) is 0 Å². The Kier molecular flexibility index (Phi) is 14.7. The maximum atomic E-state index is 13.8. The van der Waals surface area contributed by atoms with Crippen LogP contribution in [0, 0.1) is 42.4 Å². The summed E-state index contributed by atoms with van der Waals surface area (Å²) < 4.78 is 31.1. The van der Waals surface area contributed by atoms with Gasteiger partial charge in [-0.3, -0.25) is 19.2 Å². The van der Waals surface area contributed by atoms with Crippen molar-refractivity contribution in [3.05, 3.63) is 23.3 Å². The third-order valence-electron chi connectivity index (χ3n) is 12.3. The minimum absolute atomic E-state index is 0.134. The van der Waals surface area contributed by atoms with Crippen molar-refractivity contribution in [1.82, 2.24) is 0 Å². The topological polar surface area (TPSA) is 195 Å². The first-order valence-corrected chi connectivity index (χ1v) is 19.5. The molecule has 54 heavy (non-hydrogen) atoms. The maximum absolute atomic E-state index is 13.8. The molecule has 3 aliphatic heterocycles. The molecule has 13 nitrogen and oxygen atoms in total. The van der Waals surface area contributed by atoms with Gasteiger partial charge in [0.1, 0.15) is 41.7 Å². The number of methoxy groups -OCH3 is 1. The zero-order chi connectivity index (χ0) is 40.2. The molecule has 3 saturated heterocycles. The number of ketones is 2. The molecule has 0 aliphatic carbocycles. The second-order valence-corrected chi connectivity index (χ2v) is 16.3. The number of carbonyl (C=O) groups excluding carboxylic acids is 4. The highest BCUT2D eigenvalue weighted by molar-refractivity contribution is 5.98. The van der Waals surface area contributed by atoms with Crippen molar-refractivity contribution in [2.24, 2.45) is 35.5 Å². The summed E-state index contributed by atoms with van der Waals surface area (Å²) in [6.07, 6.45) is -3.67. The molecule has 0 radical (unpaired) electrons. The van der Waals surface area contributed by atoms with Crippen LogP contribution in [0.2, 0.25) is 0 Å². The Balaban J connectivity index is 1.64. The Morgan fingerprint density at radius 3 is 2.15 bits per heavy atom. The summed E-state index contributed by atoms with van der Waals surface area (Å²) >= 11 is 0. The van der Waals surface area contributed by atoms with E-state index < -0.39 is 84.1 Å². The van der Waals surface area contributed by atoms with Gasteiger partial charge >= 0.3 is 11.9 Å². The number of phenolic OH excluding ortho intramolecular Hbond substituents is 2. The number of cyclic esters (lactones) is 1. The molecule has 14 atom stereocenters. The highest BCUT2D eigenvalue weighted by atomic mass is 16.7. The van der Waals surface area contributed by atoms with E-state index in [1.54, 1.807) is 34.6 Å². The third-order valence-corrected chi connectivity index (χ3v) is 12.3. The van der Waals surface area contributed by atoms with Crippen molar-refractivity contribution in [2.45, 2.75) is 155 Å². The molecule has 4 N–H and O–H groups in total. The number of hydrogen-bond donors (Lipinski definition) is 4. The lowest BCUT2D eigenvalue weighted by Gasteiger charge is -2.54. The number of Topliss-reactive ketones (excluding diaryl/α,β-unsaturated/α-hetero) is 2. The second-order valence-electron chi connectivity index (χ2n) is 16.3. The van der Waals surface area contributed by atoms with Gasteiger partial charge in [0.15, 0.2) is 11.6 Å². The summed E-state index contributed by atoms with van der Waals surface area (Å²) in [6, 6.07) is 2.67. The van der Waals surface area contributed by atoms with Crippen LogP contribution in [0.1, 0.15) is 116 Å². The van der Waals surface area contributed by atoms with Gasteiger partial charge in [-0.15, -0.1) is 0 Å². The molecule has 3 heterocycles. The number of fused-ring (bicyclic) bond motifs is 2. The fourth-order valence-corrected chi connectivity index (χ4v) is 8.65. The number of rotatable bonds is 7. The van der Waals surface area contributed by atoms with E-state index in [0.717, 1.165) is 0 Å². The lowest BCUT2D eigenvalue weighted by Crippen LogP contribution is -2.65.